The first-order valence-corrected chi connectivity index (χ1v) is 9.32. The van der Waals surface area contributed by atoms with Crippen molar-refractivity contribution < 1.29 is 9.50 Å². The third kappa shape index (κ3) is 2.76. The van der Waals surface area contributed by atoms with Crippen LogP contribution in [0.1, 0.15) is 5.56 Å². The molecule has 132 valence electrons. The van der Waals surface area contributed by atoms with Crippen LogP contribution in [0.2, 0.25) is 0 Å². The topological polar surface area (TPSA) is 63.3 Å². The Kier molecular flexibility index (Phi) is 3.68. The number of benzene rings is 3. The lowest BCUT2D eigenvalue weighted by Gasteiger charge is -2.14. The fourth-order valence-electron chi connectivity index (χ4n) is 3.09. The van der Waals surface area contributed by atoms with Crippen LogP contribution in [-0.4, -0.2) is 31.4 Å². The first kappa shape index (κ1) is 16.0. The van der Waals surface area contributed by atoms with E-state index in [2.05, 4.69) is 15.3 Å². The molecule has 7 heteroatoms. The van der Waals surface area contributed by atoms with E-state index in [4.69, 9.17) is 0 Å². The number of hydrogen-bond acceptors (Lipinski definition) is 5. The molecule has 0 bridgehead atoms. The van der Waals surface area contributed by atoms with Gasteiger partial charge in [0.25, 0.3) is 0 Å². The highest BCUT2D eigenvalue weighted by Crippen LogP contribution is 2.35. The van der Waals surface area contributed by atoms with Gasteiger partial charge in [-0.2, -0.15) is 9.78 Å². The van der Waals surface area contributed by atoms with Crippen LogP contribution in [0.25, 0.3) is 22.2 Å². The van der Waals surface area contributed by atoms with Crippen molar-refractivity contribution in [3.8, 4) is 17.1 Å². The van der Waals surface area contributed by atoms with Gasteiger partial charge in [0.15, 0.2) is 5.82 Å². The molecular weight excluding hydrogens is 363 g/mol. The summed E-state index contributed by atoms with van der Waals surface area (Å²) in [7, 11) is 0. The minimum Gasteiger partial charge on any atom is -0.507 e. The number of aromatic nitrogens is 3. The van der Waals surface area contributed by atoms with Crippen LogP contribution in [0.15, 0.2) is 70.9 Å². The van der Waals surface area contributed by atoms with Crippen LogP contribution < -0.4 is 0 Å². The summed E-state index contributed by atoms with van der Waals surface area (Å²) in [6.07, 6.45) is 0. The van der Waals surface area contributed by atoms with E-state index in [9.17, 15) is 9.50 Å². The molecule has 0 fully saturated rings. The Bertz CT molecular complexity index is 1200. The SMILES string of the molecule is Oc1cc2ccccc2cc1-c1nnc2n1N=C(c1ccc(F)cc1)CS2. The molecule has 4 aromatic rings. The number of hydrogen-bond donors (Lipinski definition) is 1. The summed E-state index contributed by atoms with van der Waals surface area (Å²) in [5.74, 6) is 0.931. The highest BCUT2D eigenvalue weighted by atomic mass is 32.2. The van der Waals surface area contributed by atoms with E-state index in [0.29, 0.717) is 22.3 Å². The van der Waals surface area contributed by atoms with Crippen molar-refractivity contribution in [2.45, 2.75) is 5.16 Å². The van der Waals surface area contributed by atoms with Crippen LogP contribution in [0.3, 0.4) is 0 Å². The zero-order valence-corrected chi connectivity index (χ0v) is 14.8. The molecule has 5 nitrogen and oxygen atoms in total. The monoisotopic (exact) mass is 376 g/mol. The molecule has 1 aliphatic rings. The first-order valence-electron chi connectivity index (χ1n) is 8.33. The minimum absolute atomic E-state index is 0.123. The van der Waals surface area contributed by atoms with Crippen molar-refractivity contribution in [1.29, 1.82) is 0 Å². The molecule has 0 atom stereocenters. The van der Waals surface area contributed by atoms with Gasteiger partial charge in [0.1, 0.15) is 11.6 Å². The summed E-state index contributed by atoms with van der Waals surface area (Å²) in [6.45, 7) is 0. The van der Waals surface area contributed by atoms with Crippen LogP contribution in [0.4, 0.5) is 4.39 Å². The van der Waals surface area contributed by atoms with Crippen molar-refractivity contribution in [1.82, 2.24) is 14.9 Å². The van der Waals surface area contributed by atoms with Gasteiger partial charge in [-0.1, -0.05) is 48.2 Å². The van der Waals surface area contributed by atoms with Gasteiger partial charge >= 0.3 is 0 Å². The second-order valence-corrected chi connectivity index (χ2v) is 7.12. The number of aromatic hydroxyl groups is 1. The second-order valence-electron chi connectivity index (χ2n) is 6.18. The average Bonchev–Trinajstić information content (AvgIpc) is 3.11. The fourth-order valence-corrected chi connectivity index (χ4v) is 3.93. The quantitative estimate of drug-likeness (QED) is 0.567. The van der Waals surface area contributed by atoms with Crippen LogP contribution in [0, 0.1) is 5.82 Å². The molecule has 0 amide bonds. The van der Waals surface area contributed by atoms with E-state index in [1.807, 2.05) is 30.3 Å². The molecule has 0 unspecified atom stereocenters. The number of rotatable bonds is 2. The number of thioether (sulfide) groups is 1. The number of halogens is 1. The largest absolute Gasteiger partial charge is 0.507 e. The second kappa shape index (κ2) is 6.21. The third-order valence-corrected chi connectivity index (χ3v) is 5.38. The van der Waals surface area contributed by atoms with Gasteiger partial charge in [-0.3, -0.25) is 0 Å². The van der Waals surface area contributed by atoms with Crippen LogP contribution in [0.5, 0.6) is 5.75 Å². The predicted octanol–water partition coefficient (Wildman–Crippen LogP) is 4.30. The van der Waals surface area contributed by atoms with Gasteiger partial charge in [0, 0.05) is 5.75 Å². The number of phenols is 1. The highest BCUT2D eigenvalue weighted by molar-refractivity contribution is 7.99. The molecule has 1 N–H and O–H groups in total. The van der Waals surface area contributed by atoms with Gasteiger partial charge < -0.3 is 5.11 Å². The predicted molar refractivity (Wildman–Crippen MR) is 104 cm³/mol. The van der Waals surface area contributed by atoms with E-state index < -0.39 is 0 Å². The lowest BCUT2D eigenvalue weighted by Crippen LogP contribution is -2.13. The molecule has 27 heavy (non-hydrogen) atoms. The summed E-state index contributed by atoms with van der Waals surface area (Å²) in [5, 5.41) is 26.2. The summed E-state index contributed by atoms with van der Waals surface area (Å²) >= 11 is 1.50. The lowest BCUT2D eigenvalue weighted by molar-refractivity contribution is 0.477. The highest BCUT2D eigenvalue weighted by Gasteiger charge is 2.22. The van der Waals surface area contributed by atoms with E-state index in [0.717, 1.165) is 22.0 Å². The molecule has 1 aliphatic heterocycles. The maximum absolute atomic E-state index is 13.2. The van der Waals surface area contributed by atoms with Crippen molar-refractivity contribution in [2.24, 2.45) is 5.10 Å². The first-order chi connectivity index (χ1) is 13.2. The Morgan fingerprint density at radius 3 is 2.48 bits per heavy atom. The molecule has 0 spiro atoms. The van der Waals surface area contributed by atoms with Gasteiger partial charge in [0.2, 0.25) is 5.16 Å². The maximum atomic E-state index is 13.2. The lowest BCUT2D eigenvalue weighted by atomic mass is 10.1. The molecule has 0 radical (unpaired) electrons. The van der Waals surface area contributed by atoms with Gasteiger partial charge in [-0.05, 0) is 40.6 Å². The van der Waals surface area contributed by atoms with Gasteiger partial charge in [-0.25, -0.2) is 4.39 Å². The molecule has 0 aliphatic carbocycles. The summed E-state index contributed by atoms with van der Waals surface area (Å²) in [4.78, 5) is 0. The van der Waals surface area contributed by atoms with E-state index >= 15 is 0 Å². The van der Waals surface area contributed by atoms with Crippen LogP contribution >= 0.6 is 11.8 Å². The normalized spacial score (nSPS) is 13.4. The smallest absolute Gasteiger partial charge is 0.212 e. The Morgan fingerprint density at radius 2 is 1.70 bits per heavy atom. The molecule has 1 aromatic heterocycles. The van der Waals surface area contributed by atoms with Crippen molar-refractivity contribution in [3.63, 3.8) is 0 Å². The average molecular weight is 376 g/mol. The summed E-state index contributed by atoms with van der Waals surface area (Å²) in [5.41, 5.74) is 2.21. The van der Waals surface area contributed by atoms with Crippen molar-refractivity contribution in [3.05, 3.63) is 72.0 Å². The molecular formula is C20H13FN4OS. The molecule has 2 heterocycles. The number of phenolic OH excluding ortho intramolecular Hbond substituents is 1. The number of fused-ring (bicyclic) bond motifs is 2. The van der Waals surface area contributed by atoms with Gasteiger partial charge in [-0.15, -0.1) is 10.2 Å². The summed E-state index contributed by atoms with van der Waals surface area (Å²) < 4.78 is 14.8. The Hall–Kier alpha value is -3.19. The van der Waals surface area contributed by atoms with E-state index in [1.165, 1.54) is 23.9 Å². The maximum Gasteiger partial charge on any atom is 0.212 e. The Morgan fingerprint density at radius 1 is 0.963 bits per heavy atom. The van der Waals surface area contributed by atoms with E-state index in [1.54, 1.807) is 22.9 Å². The fraction of sp³-hybridized carbons (Fsp3) is 0.0500. The van der Waals surface area contributed by atoms with Crippen molar-refractivity contribution >= 4 is 28.2 Å². The number of nitrogens with zero attached hydrogens (tertiary/aromatic N) is 4. The Labute approximate surface area is 158 Å². The van der Waals surface area contributed by atoms with Crippen molar-refractivity contribution in [2.75, 3.05) is 5.75 Å². The molecule has 5 rings (SSSR count). The standard InChI is InChI=1S/C20H13FN4OS/c21-15-7-5-12(6-8-15)17-11-27-20-23-22-19(25(20)24-17)16-9-13-3-1-2-4-14(13)10-18(16)26/h1-10,26H,11H2. The zero-order chi connectivity index (χ0) is 18.4. The molecule has 0 saturated carbocycles. The minimum atomic E-state index is -0.283. The molecule has 3 aromatic carbocycles. The van der Waals surface area contributed by atoms with Crippen LogP contribution in [-0.2, 0) is 0 Å². The summed E-state index contributed by atoms with van der Waals surface area (Å²) in [6, 6.07) is 17.6. The van der Waals surface area contributed by atoms with Gasteiger partial charge in [0.05, 0.1) is 11.3 Å². The Balaban J connectivity index is 1.64. The van der Waals surface area contributed by atoms with E-state index in [-0.39, 0.29) is 11.6 Å². The zero-order valence-electron chi connectivity index (χ0n) is 14.0. The molecule has 0 saturated heterocycles. The third-order valence-electron chi connectivity index (χ3n) is 4.45.